The van der Waals surface area contributed by atoms with Gasteiger partial charge in [0, 0.05) is 24.9 Å². The molecule has 0 unspecified atom stereocenters. The molecule has 1 N–H and O–H groups in total. The summed E-state index contributed by atoms with van der Waals surface area (Å²) in [7, 11) is 3.49. The van der Waals surface area contributed by atoms with E-state index in [9.17, 15) is 5.11 Å². The van der Waals surface area contributed by atoms with Gasteiger partial charge in [0.15, 0.2) is 5.52 Å². The first-order valence-corrected chi connectivity index (χ1v) is 7.38. The van der Waals surface area contributed by atoms with Gasteiger partial charge in [0.1, 0.15) is 11.5 Å². The van der Waals surface area contributed by atoms with Crippen LogP contribution in [0, 0.1) is 0 Å². The van der Waals surface area contributed by atoms with E-state index in [1.54, 1.807) is 40.9 Å². The van der Waals surface area contributed by atoms with Crippen LogP contribution in [0.3, 0.4) is 0 Å². The van der Waals surface area contributed by atoms with E-state index in [0.29, 0.717) is 11.3 Å². The van der Waals surface area contributed by atoms with Crippen molar-refractivity contribution in [2.75, 3.05) is 7.11 Å². The zero-order valence-electron chi connectivity index (χ0n) is 13.2. The van der Waals surface area contributed by atoms with Crippen LogP contribution in [0.1, 0.15) is 0 Å². The van der Waals surface area contributed by atoms with Crippen molar-refractivity contribution in [2.24, 2.45) is 7.05 Å². The van der Waals surface area contributed by atoms with Crippen molar-refractivity contribution in [3.63, 3.8) is 0 Å². The van der Waals surface area contributed by atoms with E-state index in [4.69, 9.17) is 4.74 Å². The Morgan fingerprint density at radius 1 is 1.12 bits per heavy atom. The third-order valence-corrected chi connectivity index (χ3v) is 3.93. The average Bonchev–Trinajstić information content (AvgIpc) is 3.20. The number of ether oxygens (including phenoxy) is 1. The monoisotopic (exact) mass is 321 g/mol. The molecule has 7 heteroatoms. The number of benzene rings is 2. The molecule has 2 aromatic heterocycles. The van der Waals surface area contributed by atoms with Crippen LogP contribution in [0.15, 0.2) is 48.7 Å². The molecular formula is C17H15N5O2. The number of aromatic hydroxyl groups is 1. The number of nitrogens with zero attached hydrogens (tertiary/aromatic N) is 5. The number of aromatic nitrogens is 5. The SMILES string of the molecule is COc1cc(-c2ccnn2C)cc2c1nnn2-c1cccc(O)c1. The van der Waals surface area contributed by atoms with E-state index in [1.165, 1.54) is 0 Å². The van der Waals surface area contributed by atoms with Gasteiger partial charge >= 0.3 is 0 Å². The molecule has 4 rings (SSSR count). The number of fused-ring (bicyclic) bond motifs is 1. The van der Waals surface area contributed by atoms with Crippen molar-refractivity contribution in [1.29, 1.82) is 0 Å². The summed E-state index contributed by atoms with van der Waals surface area (Å²) in [5.41, 5.74) is 4.08. The molecule has 120 valence electrons. The highest BCUT2D eigenvalue weighted by Crippen LogP contribution is 2.32. The van der Waals surface area contributed by atoms with Gasteiger partial charge in [0.2, 0.25) is 0 Å². The van der Waals surface area contributed by atoms with Gasteiger partial charge in [-0.3, -0.25) is 4.68 Å². The molecule has 0 fully saturated rings. The number of methoxy groups -OCH3 is 1. The Hall–Kier alpha value is -3.35. The molecule has 0 aliphatic heterocycles. The molecule has 0 saturated heterocycles. The lowest BCUT2D eigenvalue weighted by Gasteiger charge is -2.08. The fraction of sp³-hybridized carbons (Fsp3) is 0.118. The zero-order chi connectivity index (χ0) is 16.7. The van der Waals surface area contributed by atoms with Gasteiger partial charge in [-0.25, -0.2) is 4.68 Å². The largest absolute Gasteiger partial charge is 0.508 e. The number of hydrogen-bond donors (Lipinski definition) is 1. The summed E-state index contributed by atoms with van der Waals surface area (Å²) in [5.74, 6) is 0.806. The average molecular weight is 321 g/mol. The second-order valence-corrected chi connectivity index (χ2v) is 5.41. The van der Waals surface area contributed by atoms with Crippen molar-refractivity contribution < 1.29 is 9.84 Å². The maximum absolute atomic E-state index is 9.73. The fourth-order valence-corrected chi connectivity index (χ4v) is 2.77. The Labute approximate surface area is 137 Å². The Morgan fingerprint density at radius 2 is 2.00 bits per heavy atom. The highest BCUT2D eigenvalue weighted by atomic mass is 16.5. The van der Waals surface area contributed by atoms with Crippen LogP contribution in [-0.4, -0.2) is 37.0 Å². The van der Waals surface area contributed by atoms with Crippen LogP contribution in [0.2, 0.25) is 0 Å². The maximum Gasteiger partial charge on any atom is 0.155 e. The fourth-order valence-electron chi connectivity index (χ4n) is 2.77. The van der Waals surface area contributed by atoms with Gasteiger partial charge in [0.25, 0.3) is 0 Å². The number of phenolic OH excluding ortho intramolecular Hbond substituents is 1. The van der Waals surface area contributed by atoms with Crippen LogP contribution in [0.4, 0.5) is 0 Å². The summed E-state index contributed by atoms with van der Waals surface area (Å²) in [6.07, 6.45) is 1.75. The smallest absolute Gasteiger partial charge is 0.155 e. The van der Waals surface area contributed by atoms with E-state index >= 15 is 0 Å². The molecule has 4 aromatic rings. The molecule has 2 heterocycles. The quantitative estimate of drug-likeness (QED) is 0.627. The second kappa shape index (κ2) is 5.38. The molecule has 0 radical (unpaired) electrons. The van der Waals surface area contributed by atoms with Crippen molar-refractivity contribution in [1.82, 2.24) is 24.8 Å². The lowest BCUT2D eigenvalue weighted by molar-refractivity contribution is 0.419. The van der Waals surface area contributed by atoms with Crippen LogP contribution < -0.4 is 4.74 Å². The number of aryl methyl sites for hydroxylation is 1. The van der Waals surface area contributed by atoms with Crippen LogP contribution in [0.5, 0.6) is 11.5 Å². The molecule has 0 atom stereocenters. The van der Waals surface area contributed by atoms with Gasteiger partial charge in [0.05, 0.1) is 24.0 Å². The van der Waals surface area contributed by atoms with Crippen molar-refractivity contribution in [3.05, 3.63) is 48.7 Å². The Balaban J connectivity index is 1.99. The molecule has 24 heavy (non-hydrogen) atoms. The lowest BCUT2D eigenvalue weighted by atomic mass is 10.1. The van der Waals surface area contributed by atoms with E-state index in [0.717, 1.165) is 22.5 Å². The third kappa shape index (κ3) is 2.18. The highest BCUT2D eigenvalue weighted by molar-refractivity contribution is 5.87. The van der Waals surface area contributed by atoms with Gasteiger partial charge in [-0.05, 0) is 30.3 Å². The van der Waals surface area contributed by atoms with Crippen molar-refractivity contribution >= 4 is 11.0 Å². The summed E-state index contributed by atoms with van der Waals surface area (Å²) in [4.78, 5) is 0. The van der Waals surface area contributed by atoms with Crippen molar-refractivity contribution in [3.8, 4) is 28.4 Å². The molecular weight excluding hydrogens is 306 g/mol. The number of phenols is 1. The van der Waals surface area contributed by atoms with Crippen LogP contribution in [-0.2, 0) is 7.05 Å². The van der Waals surface area contributed by atoms with E-state index < -0.39 is 0 Å². The zero-order valence-corrected chi connectivity index (χ0v) is 13.2. The molecule has 0 bridgehead atoms. The summed E-state index contributed by atoms with van der Waals surface area (Å²) in [5, 5.41) is 22.4. The van der Waals surface area contributed by atoms with Crippen molar-refractivity contribution in [2.45, 2.75) is 0 Å². The Morgan fingerprint density at radius 3 is 2.71 bits per heavy atom. The predicted molar refractivity (Wildman–Crippen MR) is 89.3 cm³/mol. The summed E-state index contributed by atoms with van der Waals surface area (Å²) in [6.45, 7) is 0. The molecule has 0 spiro atoms. The van der Waals surface area contributed by atoms with Gasteiger partial charge in [-0.2, -0.15) is 5.10 Å². The Kier molecular flexibility index (Phi) is 3.19. The molecule has 0 saturated carbocycles. The minimum atomic E-state index is 0.172. The highest BCUT2D eigenvalue weighted by Gasteiger charge is 2.15. The number of rotatable bonds is 3. The van der Waals surface area contributed by atoms with E-state index in [2.05, 4.69) is 15.4 Å². The molecule has 7 nitrogen and oxygen atoms in total. The summed E-state index contributed by atoms with van der Waals surface area (Å²) < 4.78 is 8.96. The summed E-state index contributed by atoms with van der Waals surface area (Å²) in [6, 6.07) is 12.7. The Bertz CT molecular complexity index is 1030. The topological polar surface area (TPSA) is 78.0 Å². The van der Waals surface area contributed by atoms with Crippen LogP contribution in [0.25, 0.3) is 28.0 Å². The second-order valence-electron chi connectivity index (χ2n) is 5.41. The minimum absolute atomic E-state index is 0.172. The standard InChI is InChI=1S/C17H15N5O2/c1-21-14(6-7-18-21)11-8-15-17(16(9-11)24-2)19-20-22(15)12-4-3-5-13(23)10-12/h3-10,23H,1-2H3. The molecule has 2 aromatic carbocycles. The maximum atomic E-state index is 9.73. The van der Waals surface area contributed by atoms with Gasteiger partial charge in [-0.15, -0.1) is 5.10 Å². The van der Waals surface area contributed by atoms with E-state index in [1.807, 2.05) is 31.3 Å². The first-order valence-electron chi connectivity index (χ1n) is 7.38. The molecule has 0 aliphatic carbocycles. The molecule has 0 amide bonds. The predicted octanol–water partition coefficient (Wildman–Crippen LogP) is 2.54. The summed E-state index contributed by atoms with van der Waals surface area (Å²) >= 11 is 0. The van der Waals surface area contributed by atoms with Crippen LogP contribution >= 0.6 is 0 Å². The first kappa shape index (κ1) is 14.3. The first-order chi connectivity index (χ1) is 11.7. The van der Waals surface area contributed by atoms with Gasteiger partial charge in [-0.1, -0.05) is 11.3 Å². The minimum Gasteiger partial charge on any atom is -0.508 e. The van der Waals surface area contributed by atoms with E-state index in [-0.39, 0.29) is 5.75 Å². The normalized spacial score (nSPS) is 11.1. The third-order valence-electron chi connectivity index (χ3n) is 3.93. The molecule has 0 aliphatic rings. The number of hydrogen-bond acceptors (Lipinski definition) is 5. The lowest BCUT2D eigenvalue weighted by Crippen LogP contribution is -1.98. The van der Waals surface area contributed by atoms with Gasteiger partial charge < -0.3 is 9.84 Å².